The molecule has 2 aromatic rings. The average molecular weight is 377 g/mol. The van der Waals surface area contributed by atoms with E-state index >= 15 is 0 Å². The van der Waals surface area contributed by atoms with E-state index in [0.717, 1.165) is 48.6 Å². The van der Waals surface area contributed by atoms with Gasteiger partial charge in [-0.15, -0.1) is 0 Å². The molecule has 1 aromatic heterocycles. The Kier molecular flexibility index (Phi) is 8.72. The fourth-order valence-corrected chi connectivity index (χ4v) is 3.17. The first-order valence-electron chi connectivity index (χ1n) is 9.29. The Morgan fingerprint density at radius 1 is 1.23 bits per heavy atom. The second-order valence-electron chi connectivity index (χ2n) is 6.52. The molecule has 0 spiro atoms. The molecule has 0 fully saturated rings. The van der Waals surface area contributed by atoms with Gasteiger partial charge in [0, 0.05) is 50.1 Å². The summed E-state index contributed by atoms with van der Waals surface area (Å²) < 4.78 is 7.33. The molecule has 0 saturated carbocycles. The van der Waals surface area contributed by atoms with Gasteiger partial charge in [-0.05, 0) is 42.7 Å². The zero-order valence-corrected chi connectivity index (χ0v) is 16.5. The molecule has 0 aliphatic heterocycles. The van der Waals surface area contributed by atoms with Crippen molar-refractivity contribution in [1.29, 1.82) is 0 Å². The van der Waals surface area contributed by atoms with Gasteiger partial charge in [-0.3, -0.25) is 4.79 Å². The molecule has 4 nitrogen and oxygen atoms in total. The van der Waals surface area contributed by atoms with Crippen LogP contribution in [0.25, 0.3) is 0 Å². The van der Waals surface area contributed by atoms with Crippen LogP contribution >= 0.6 is 11.6 Å². The largest absolute Gasteiger partial charge is 0.385 e. The fourth-order valence-electron chi connectivity index (χ4n) is 2.95. The van der Waals surface area contributed by atoms with Gasteiger partial charge >= 0.3 is 0 Å². The zero-order valence-electron chi connectivity index (χ0n) is 15.8. The SMILES string of the molecule is CCCCC(=O)N(CCCOC)Cc1cccn1Cc1cccc(Cl)c1. The zero-order chi connectivity index (χ0) is 18.8. The third-order valence-corrected chi connectivity index (χ3v) is 4.63. The van der Waals surface area contributed by atoms with E-state index in [1.54, 1.807) is 7.11 Å². The number of amides is 1. The van der Waals surface area contributed by atoms with Gasteiger partial charge in [0.2, 0.25) is 5.91 Å². The van der Waals surface area contributed by atoms with E-state index in [-0.39, 0.29) is 5.91 Å². The minimum atomic E-state index is 0.221. The van der Waals surface area contributed by atoms with Crippen LogP contribution in [0.4, 0.5) is 0 Å². The van der Waals surface area contributed by atoms with Crippen molar-refractivity contribution >= 4 is 17.5 Å². The number of benzene rings is 1. The minimum Gasteiger partial charge on any atom is -0.385 e. The van der Waals surface area contributed by atoms with Crippen LogP contribution in [0.3, 0.4) is 0 Å². The lowest BCUT2D eigenvalue weighted by Gasteiger charge is -2.24. The van der Waals surface area contributed by atoms with Crippen molar-refractivity contribution in [2.75, 3.05) is 20.3 Å². The first-order valence-corrected chi connectivity index (χ1v) is 9.67. The van der Waals surface area contributed by atoms with Gasteiger partial charge in [-0.2, -0.15) is 0 Å². The van der Waals surface area contributed by atoms with Crippen molar-refractivity contribution < 1.29 is 9.53 Å². The van der Waals surface area contributed by atoms with Crippen molar-refractivity contribution in [3.63, 3.8) is 0 Å². The molecule has 26 heavy (non-hydrogen) atoms. The van der Waals surface area contributed by atoms with Crippen molar-refractivity contribution in [3.8, 4) is 0 Å². The summed E-state index contributed by atoms with van der Waals surface area (Å²) in [5, 5.41) is 0.743. The number of carbonyl (C=O) groups is 1. The summed E-state index contributed by atoms with van der Waals surface area (Å²) in [6, 6.07) is 12.0. The third-order valence-electron chi connectivity index (χ3n) is 4.39. The molecule has 0 saturated heterocycles. The fraction of sp³-hybridized carbons (Fsp3) is 0.476. The standard InChI is InChI=1S/C21H29ClN2O2/c1-3-4-11-21(25)24(13-7-14-26-2)17-20-10-6-12-23(20)16-18-8-5-9-19(22)15-18/h5-6,8-10,12,15H,3-4,7,11,13-14,16-17H2,1-2H3. The quantitative estimate of drug-likeness (QED) is 0.530. The summed E-state index contributed by atoms with van der Waals surface area (Å²) in [5.74, 6) is 0.221. The maximum absolute atomic E-state index is 12.6. The van der Waals surface area contributed by atoms with Gasteiger partial charge in [0.25, 0.3) is 0 Å². The molecule has 0 aliphatic rings. The molecule has 1 aromatic carbocycles. The number of nitrogens with zero attached hydrogens (tertiary/aromatic N) is 2. The summed E-state index contributed by atoms with van der Waals surface area (Å²) in [5.41, 5.74) is 2.28. The molecule has 1 amide bonds. The lowest BCUT2D eigenvalue weighted by Crippen LogP contribution is -2.32. The highest BCUT2D eigenvalue weighted by atomic mass is 35.5. The molecule has 0 N–H and O–H groups in total. The summed E-state index contributed by atoms with van der Waals surface area (Å²) in [6.45, 7) is 4.87. The third kappa shape index (κ3) is 6.50. The second-order valence-corrected chi connectivity index (χ2v) is 6.96. The van der Waals surface area contributed by atoms with Crippen LogP contribution in [0.2, 0.25) is 5.02 Å². The number of methoxy groups -OCH3 is 1. The van der Waals surface area contributed by atoms with Crippen LogP contribution in [-0.4, -0.2) is 35.6 Å². The molecular weight excluding hydrogens is 348 g/mol. The van der Waals surface area contributed by atoms with Crippen molar-refractivity contribution in [2.24, 2.45) is 0 Å². The topological polar surface area (TPSA) is 34.5 Å². The van der Waals surface area contributed by atoms with Gasteiger partial charge in [0.15, 0.2) is 0 Å². The van der Waals surface area contributed by atoms with E-state index in [9.17, 15) is 4.79 Å². The molecule has 2 rings (SSSR count). The molecule has 0 unspecified atom stereocenters. The molecule has 0 radical (unpaired) electrons. The van der Waals surface area contributed by atoms with Crippen LogP contribution in [0.15, 0.2) is 42.6 Å². The van der Waals surface area contributed by atoms with Crippen LogP contribution in [0.5, 0.6) is 0 Å². The van der Waals surface area contributed by atoms with Crippen molar-refractivity contribution in [2.45, 2.75) is 45.7 Å². The van der Waals surface area contributed by atoms with Gasteiger partial charge < -0.3 is 14.2 Å². The van der Waals surface area contributed by atoms with Gasteiger partial charge in [0.05, 0.1) is 6.54 Å². The monoisotopic (exact) mass is 376 g/mol. The second kappa shape index (κ2) is 11.0. The Hall–Kier alpha value is -1.78. The predicted octanol–water partition coefficient (Wildman–Crippen LogP) is 4.75. The van der Waals surface area contributed by atoms with E-state index in [4.69, 9.17) is 16.3 Å². The number of hydrogen-bond acceptors (Lipinski definition) is 2. The maximum Gasteiger partial charge on any atom is 0.222 e. The predicted molar refractivity (Wildman–Crippen MR) is 106 cm³/mol. The number of ether oxygens (including phenoxy) is 1. The number of rotatable bonds is 11. The first-order chi connectivity index (χ1) is 12.6. The number of aromatic nitrogens is 1. The van der Waals surface area contributed by atoms with Crippen molar-refractivity contribution in [3.05, 3.63) is 58.9 Å². The molecule has 0 aliphatic carbocycles. The highest BCUT2D eigenvalue weighted by Crippen LogP contribution is 2.15. The van der Waals surface area contributed by atoms with Crippen molar-refractivity contribution in [1.82, 2.24) is 9.47 Å². The highest BCUT2D eigenvalue weighted by Gasteiger charge is 2.15. The van der Waals surface area contributed by atoms with E-state index in [1.807, 2.05) is 29.2 Å². The molecule has 0 atom stereocenters. The average Bonchev–Trinajstić information content (AvgIpc) is 3.05. The number of carbonyl (C=O) groups excluding carboxylic acids is 1. The number of halogens is 1. The van der Waals surface area contributed by atoms with E-state index in [1.165, 1.54) is 0 Å². The summed E-state index contributed by atoms with van der Waals surface area (Å²) in [4.78, 5) is 14.6. The lowest BCUT2D eigenvalue weighted by molar-refractivity contribution is -0.132. The Morgan fingerprint density at radius 3 is 2.81 bits per heavy atom. The van der Waals surface area contributed by atoms with Crippen LogP contribution < -0.4 is 0 Å². The van der Waals surface area contributed by atoms with Gasteiger partial charge in [-0.1, -0.05) is 37.1 Å². The smallest absolute Gasteiger partial charge is 0.222 e. The van der Waals surface area contributed by atoms with E-state index in [0.29, 0.717) is 19.6 Å². The van der Waals surface area contributed by atoms with Crippen LogP contribution in [-0.2, 0) is 22.6 Å². The molecule has 5 heteroatoms. The van der Waals surface area contributed by atoms with Gasteiger partial charge in [0.1, 0.15) is 0 Å². The Balaban J connectivity index is 2.07. The summed E-state index contributed by atoms with van der Waals surface area (Å²) in [7, 11) is 1.69. The Morgan fingerprint density at radius 2 is 2.08 bits per heavy atom. The highest BCUT2D eigenvalue weighted by molar-refractivity contribution is 6.30. The summed E-state index contributed by atoms with van der Waals surface area (Å²) in [6.07, 6.45) is 5.48. The maximum atomic E-state index is 12.6. The van der Waals surface area contributed by atoms with Crippen LogP contribution in [0.1, 0.15) is 43.9 Å². The number of hydrogen-bond donors (Lipinski definition) is 0. The van der Waals surface area contributed by atoms with E-state index < -0.39 is 0 Å². The first kappa shape index (κ1) is 20.5. The minimum absolute atomic E-state index is 0.221. The molecular formula is C21H29ClN2O2. The summed E-state index contributed by atoms with van der Waals surface area (Å²) >= 11 is 6.10. The Labute approximate surface area is 161 Å². The van der Waals surface area contributed by atoms with Crippen LogP contribution in [0, 0.1) is 0 Å². The lowest BCUT2D eigenvalue weighted by atomic mass is 10.2. The number of unbranched alkanes of at least 4 members (excludes halogenated alkanes) is 1. The van der Waals surface area contributed by atoms with Gasteiger partial charge in [-0.25, -0.2) is 0 Å². The molecule has 0 bridgehead atoms. The molecule has 142 valence electrons. The normalized spacial score (nSPS) is 10.9. The Bertz CT molecular complexity index is 684. The molecule has 1 heterocycles. The van der Waals surface area contributed by atoms with E-state index in [2.05, 4.69) is 29.8 Å².